The molecular weight excluding hydrogens is 299 g/mol. The van der Waals surface area contributed by atoms with E-state index in [1.807, 2.05) is 24.3 Å². The summed E-state index contributed by atoms with van der Waals surface area (Å²) in [6.07, 6.45) is 1.74. The lowest BCUT2D eigenvalue weighted by Gasteiger charge is -2.04. The highest BCUT2D eigenvalue weighted by molar-refractivity contribution is 5.94. The Hall–Kier alpha value is -2.89. The summed E-state index contributed by atoms with van der Waals surface area (Å²) in [5.74, 6) is -0.574. The Balaban J connectivity index is 1.95. The molecule has 118 valence electrons. The highest BCUT2D eigenvalue weighted by Gasteiger charge is 2.15. The number of hydrogen-bond acceptors (Lipinski definition) is 4. The van der Waals surface area contributed by atoms with Crippen LogP contribution >= 0.6 is 0 Å². The smallest absolute Gasteiger partial charge is 0.340 e. The average molecular weight is 314 g/mol. The van der Waals surface area contributed by atoms with Gasteiger partial charge in [-0.25, -0.2) is 9.18 Å². The zero-order valence-electron chi connectivity index (χ0n) is 12.7. The normalized spacial score (nSPS) is 10.7. The van der Waals surface area contributed by atoms with Crippen molar-refractivity contribution in [3.8, 4) is 5.75 Å². The first-order valence-electron chi connectivity index (χ1n) is 6.98. The van der Waals surface area contributed by atoms with E-state index < -0.39 is 11.8 Å². The maximum absolute atomic E-state index is 13.9. The van der Waals surface area contributed by atoms with Crippen molar-refractivity contribution in [1.29, 1.82) is 0 Å². The summed E-state index contributed by atoms with van der Waals surface area (Å²) in [7, 11) is 2.83. The molecule has 3 aromatic rings. The first-order valence-corrected chi connectivity index (χ1v) is 6.98. The number of methoxy groups -OCH3 is 2. The number of ether oxygens (including phenoxy) is 2. The van der Waals surface area contributed by atoms with Gasteiger partial charge in [0.1, 0.15) is 11.6 Å². The van der Waals surface area contributed by atoms with E-state index in [1.54, 1.807) is 18.0 Å². The van der Waals surface area contributed by atoms with E-state index in [0.717, 1.165) is 11.3 Å². The average Bonchev–Trinajstić information content (AvgIpc) is 2.94. The van der Waals surface area contributed by atoms with Crippen molar-refractivity contribution >= 4 is 16.9 Å². The standard InChI is InChI=1S/C17H15FN2O3/c1-22-13-5-3-4-11(6-13)9-20-10-12-7-15(18)14(17(21)23-2)8-16(12)19-20/h3-8,10H,9H2,1-2H3. The van der Waals surface area contributed by atoms with Gasteiger partial charge in [-0.3, -0.25) is 4.68 Å². The van der Waals surface area contributed by atoms with Crippen LogP contribution in [-0.4, -0.2) is 30.0 Å². The molecule has 1 heterocycles. The van der Waals surface area contributed by atoms with Crippen LogP contribution in [0.15, 0.2) is 42.6 Å². The second kappa shape index (κ2) is 6.08. The molecule has 0 aliphatic heterocycles. The summed E-state index contributed by atoms with van der Waals surface area (Å²) in [6, 6.07) is 10.3. The number of benzene rings is 2. The third kappa shape index (κ3) is 3.01. The van der Waals surface area contributed by atoms with Crippen molar-refractivity contribution in [1.82, 2.24) is 9.78 Å². The Kier molecular flexibility index (Phi) is 3.97. The van der Waals surface area contributed by atoms with Gasteiger partial charge < -0.3 is 9.47 Å². The molecule has 3 rings (SSSR count). The van der Waals surface area contributed by atoms with E-state index >= 15 is 0 Å². The van der Waals surface area contributed by atoms with E-state index in [0.29, 0.717) is 17.4 Å². The minimum absolute atomic E-state index is 0.119. The van der Waals surface area contributed by atoms with Gasteiger partial charge in [0.05, 0.1) is 31.8 Å². The Bertz CT molecular complexity index is 873. The van der Waals surface area contributed by atoms with E-state index in [4.69, 9.17) is 4.74 Å². The molecule has 5 nitrogen and oxygen atoms in total. The molecule has 0 saturated carbocycles. The molecule has 0 unspecified atom stereocenters. The predicted octanol–water partition coefficient (Wildman–Crippen LogP) is 3.02. The number of carbonyl (C=O) groups excluding carboxylic acids is 1. The molecule has 0 spiro atoms. The fourth-order valence-electron chi connectivity index (χ4n) is 2.40. The molecule has 0 amide bonds. The molecule has 0 fully saturated rings. The molecule has 0 aliphatic carbocycles. The second-order valence-corrected chi connectivity index (χ2v) is 5.06. The third-order valence-corrected chi connectivity index (χ3v) is 3.52. The molecule has 0 saturated heterocycles. The fourth-order valence-corrected chi connectivity index (χ4v) is 2.40. The lowest BCUT2D eigenvalue weighted by atomic mass is 10.1. The molecule has 0 aliphatic rings. The zero-order chi connectivity index (χ0) is 16.4. The quantitative estimate of drug-likeness (QED) is 0.695. The van der Waals surface area contributed by atoms with Gasteiger partial charge in [-0.1, -0.05) is 12.1 Å². The second-order valence-electron chi connectivity index (χ2n) is 5.06. The highest BCUT2D eigenvalue weighted by Crippen LogP contribution is 2.20. The van der Waals surface area contributed by atoms with Gasteiger partial charge in [-0.15, -0.1) is 0 Å². The van der Waals surface area contributed by atoms with Gasteiger partial charge in [0.25, 0.3) is 0 Å². The highest BCUT2D eigenvalue weighted by atomic mass is 19.1. The molecule has 1 aromatic heterocycles. The molecule has 0 bridgehead atoms. The van der Waals surface area contributed by atoms with Crippen LogP contribution in [0, 0.1) is 5.82 Å². The maximum atomic E-state index is 13.9. The summed E-state index contributed by atoms with van der Waals surface area (Å²) in [5.41, 5.74) is 1.42. The van der Waals surface area contributed by atoms with Crippen molar-refractivity contribution in [3.63, 3.8) is 0 Å². The number of fused-ring (bicyclic) bond motifs is 1. The first kappa shape index (κ1) is 15.0. The van der Waals surface area contributed by atoms with Crippen LogP contribution in [-0.2, 0) is 11.3 Å². The van der Waals surface area contributed by atoms with Gasteiger partial charge >= 0.3 is 5.97 Å². The Morgan fingerprint density at radius 2 is 2.09 bits per heavy atom. The molecular formula is C17H15FN2O3. The summed E-state index contributed by atoms with van der Waals surface area (Å²) >= 11 is 0. The number of nitrogens with zero attached hydrogens (tertiary/aromatic N) is 2. The van der Waals surface area contributed by atoms with Crippen LogP contribution in [0.25, 0.3) is 10.9 Å². The molecule has 2 aromatic carbocycles. The number of halogens is 1. The lowest BCUT2D eigenvalue weighted by Crippen LogP contribution is -2.04. The van der Waals surface area contributed by atoms with Crippen LogP contribution in [0.4, 0.5) is 4.39 Å². The summed E-state index contributed by atoms with van der Waals surface area (Å²) in [4.78, 5) is 11.5. The lowest BCUT2D eigenvalue weighted by molar-refractivity contribution is 0.0595. The minimum Gasteiger partial charge on any atom is -0.497 e. The fraction of sp³-hybridized carbons (Fsp3) is 0.176. The van der Waals surface area contributed by atoms with Gasteiger partial charge in [-0.2, -0.15) is 5.10 Å². The molecule has 23 heavy (non-hydrogen) atoms. The topological polar surface area (TPSA) is 53.3 Å². The van der Waals surface area contributed by atoms with Crippen molar-refractivity contribution in [2.75, 3.05) is 14.2 Å². The van der Waals surface area contributed by atoms with E-state index in [-0.39, 0.29) is 5.56 Å². The maximum Gasteiger partial charge on any atom is 0.340 e. The monoisotopic (exact) mass is 314 g/mol. The summed E-state index contributed by atoms with van der Waals surface area (Å²) in [5, 5.41) is 5.01. The van der Waals surface area contributed by atoms with Crippen molar-refractivity contribution in [2.45, 2.75) is 6.54 Å². The zero-order valence-corrected chi connectivity index (χ0v) is 12.7. The third-order valence-electron chi connectivity index (χ3n) is 3.52. The Morgan fingerprint density at radius 1 is 1.26 bits per heavy atom. The molecule has 0 N–H and O–H groups in total. The number of hydrogen-bond donors (Lipinski definition) is 0. The minimum atomic E-state index is -0.716. The Morgan fingerprint density at radius 3 is 2.83 bits per heavy atom. The molecule has 0 radical (unpaired) electrons. The molecule has 6 heteroatoms. The van der Waals surface area contributed by atoms with Crippen LogP contribution in [0.3, 0.4) is 0 Å². The number of rotatable bonds is 4. The SMILES string of the molecule is COC(=O)c1cc2nn(Cc3cccc(OC)c3)cc2cc1F. The van der Waals surface area contributed by atoms with Crippen LogP contribution < -0.4 is 4.74 Å². The van der Waals surface area contributed by atoms with Gasteiger partial charge in [0.15, 0.2) is 0 Å². The van der Waals surface area contributed by atoms with Crippen LogP contribution in [0.1, 0.15) is 15.9 Å². The van der Waals surface area contributed by atoms with Gasteiger partial charge in [0.2, 0.25) is 0 Å². The first-order chi connectivity index (χ1) is 11.1. The van der Waals surface area contributed by atoms with Gasteiger partial charge in [0, 0.05) is 11.6 Å². The Labute approximate surface area is 132 Å². The summed E-state index contributed by atoms with van der Waals surface area (Å²) in [6.45, 7) is 0.515. The number of aromatic nitrogens is 2. The molecule has 0 atom stereocenters. The van der Waals surface area contributed by atoms with E-state index in [1.165, 1.54) is 19.2 Å². The predicted molar refractivity (Wildman–Crippen MR) is 83.1 cm³/mol. The summed E-state index contributed by atoms with van der Waals surface area (Å²) < 4.78 is 25.4. The van der Waals surface area contributed by atoms with E-state index in [2.05, 4.69) is 9.84 Å². The van der Waals surface area contributed by atoms with Crippen LogP contribution in [0.2, 0.25) is 0 Å². The number of esters is 1. The van der Waals surface area contributed by atoms with Gasteiger partial charge in [-0.05, 0) is 29.8 Å². The largest absolute Gasteiger partial charge is 0.497 e. The number of carbonyl (C=O) groups is 1. The van der Waals surface area contributed by atoms with Crippen molar-refractivity contribution < 1.29 is 18.7 Å². The van der Waals surface area contributed by atoms with Crippen LogP contribution in [0.5, 0.6) is 5.75 Å². The van der Waals surface area contributed by atoms with E-state index in [9.17, 15) is 9.18 Å². The van der Waals surface area contributed by atoms with Crippen molar-refractivity contribution in [3.05, 3.63) is 59.5 Å². The van der Waals surface area contributed by atoms with Crippen molar-refractivity contribution in [2.24, 2.45) is 0 Å².